The van der Waals surface area contributed by atoms with E-state index in [1.165, 1.54) is 64.2 Å². The maximum absolute atomic E-state index is 5.71. The van der Waals surface area contributed by atoms with Crippen LogP contribution >= 0.6 is 0 Å². The zero-order valence-electron chi connectivity index (χ0n) is 12.3. The van der Waals surface area contributed by atoms with Crippen molar-refractivity contribution in [3.05, 3.63) is 12.2 Å². The Morgan fingerprint density at radius 1 is 0.944 bits per heavy atom. The van der Waals surface area contributed by atoms with Gasteiger partial charge in [0.25, 0.3) is 0 Å². The fourth-order valence-electron chi connectivity index (χ4n) is 2.80. The molecule has 0 aromatic rings. The van der Waals surface area contributed by atoms with E-state index in [0.29, 0.717) is 0 Å². The second-order valence-corrected chi connectivity index (χ2v) is 5.63. The lowest BCUT2D eigenvalue weighted by molar-refractivity contribution is 0.121. The predicted octanol–water partition coefficient (Wildman–Crippen LogP) is 5.50. The molecule has 1 rings (SSSR count). The van der Waals surface area contributed by atoms with Gasteiger partial charge in [-0.15, -0.1) is 0 Å². The first kappa shape index (κ1) is 15.8. The fraction of sp³-hybridized carbons (Fsp3) is 0.882. The van der Waals surface area contributed by atoms with Crippen molar-refractivity contribution < 1.29 is 4.74 Å². The van der Waals surface area contributed by atoms with Crippen molar-refractivity contribution in [3.63, 3.8) is 0 Å². The molecule has 0 aromatic carbocycles. The van der Waals surface area contributed by atoms with Gasteiger partial charge in [0, 0.05) is 13.2 Å². The van der Waals surface area contributed by atoms with Crippen LogP contribution in [0.25, 0.3) is 0 Å². The van der Waals surface area contributed by atoms with Crippen LogP contribution < -0.4 is 0 Å². The van der Waals surface area contributed by atoms with Crippen molar-refractivity contribution in [1.29, 1.82) is 0 Å². The molecule has 0 aliphatic heterocycles. The molecule has 1 fully saturated rings. The van der Waals surface area contributed by atoms with Crippen molar-refractivity contribution >= 4 is 0 Å². The van der Waals surface area contributed by atoms with E-state index in [-0.39, 0.29) is 0 Å². The zero-order valence-corrected chi connectivity index (χ0v) is 12.3. The summed E-state index contributed by atoms with van der Waals surface area (Å²) in [5, 5.41) is 0. The molecule has 0 heterocycles. The molecule has 0 radical (unpaired) electrons. The first-order valence-electron chi connectivity index (χ1n) is 8.16. The predicted molar refractivity (Wildman–Crippen MR) is 79.9 cm³/mol. The minimum absolute atomic E-state index is 0.963. The molecule has 0 spiro atoms. The first-order chi connectivity index (χ1) is 8.93. The molecule has 0 amide bonds. The summed E-state index contributed by atoms with van der Waals surface area (Å²) in [7, 11) is 0. The third kappa shape index (κ3) is 8.74. The van der Waals surface area contributed by atoms with Crippen molar-refractivity contribution in [1.82, 2.24) is 0 Å². The molecule has 0 N–H and O–H groups in total. The highest BCUT2D eigenvalue weighted by Crippen LogP contribution is 2.27. The Balaban J connectivity index is 1.76. The van der Waals surface area contributed by atoms with E-state index in [1.807, 2.05) is 0 Å². The van der Waals surface area contributed by atoms with Crippen molar-refractivity contribution in [3.8, 4) is 0 Å². The van der Waals surface area contributed by atoms with Gasteiger partial charge in [-0.2, -0.15) is 0 Å². The van der Waals surface area contributed by atoms with Crippen LogP contribution in [-0.4, -0.2) is 13.2 Å². The number of allylic oxidation sites excluding steroid dienone is 2. The Morgan fingerprint density at radius 2 is 1.72 bits per heavy atom. The smallest absolute Gasteiger partial charge is 0.0466 e. The average Bonchev–Trinajstić information content (AvgIpc) is 2.42. The van der Waals surface area contributed by atoms with Crippen LogP contribution in [0.3, 0.4) is 0 Å². The number of rotatable bonds is 10. The minimum Gasteiger partial charge on any atom is -0.381 e. The number of hydrogen-bond donors (Lipinski definition) is 0. The SMILES string of the molecule is CCC=CCCCCOCCCC1CCCCC1. The lowest BCUT2D eigenvalue weighted by Crippen LogP contribution is -2.07. The Hall–Kier alpha value is -0.300. The van der Waals surface area contributed by atoms with Gasteiger partial charge in [-0.1, -0.05) is 51.2 Å². The van der Waals surface area contributed by atoms with Crippen LogP contribution in [0, 0.1) is 5.92 Å². The summed E-state index contributed by atoms with van der Waals surface area (Å²) in [6.45, 7) is 4.14. The van der Waals surface area contributed by atoms with Gasteiger partial charge in [-0.25, -0.2) is 0 Å². The maximum Gasteiger partial charge on any atom is 0.0466 e. The minimum atomic E-state index is 0.963. The molecule has 0 aromatic heterocycles. The summed E-state index contributed by atoms with van der Waals surface area (Å²) in [5.74, 6) is 1.02. The monoisotopic (exact) mass is 252 g/mol. The summed E-state index contributed by atoms with van der Waals surface area (Å²) in [4.78, 5) is 0. The second-order valence-electron chi connectivity index (χ2n) is 5.63. The van der Waals surface area contributed by atoms with Gasteiger partial charge in [0.1, 0.15) is 0 Å². The first-order valence-corrected chi connectivity index (χ1v) is 8.16. The Morgan fingerprint density at radius 3 is 2.50 bits per heavy atom. The summed E-state index contributed by atoms with van der Waals surface area (Å²) in [6, 6.07) is 0. The van der Waals surface area contributed by atoms with Crippen molar-refractivity contribution in [2.24, 2.45) is 5.92 Å². The van der Waals surface area contributed by atoms with E-state index in [1.54, 1.807) is 0 Å². The summed E-state index contributed by atoms with van der Waals surface area (Å²) < 4.78 is 5.71. The Labute approximate surface area is 114 Å². The largest absolute Gasteiger partial charge is 0.381 e. The molecule has 1 saturated carbocycles. The molecule has 0 atom stereocenters. The lowest BCUT2D eigenvalue weighted by atomic mass is 9.86. The summed E-state index contributed by atoms with van der Waals surface area (Å²) in [5.41, 5.74) is 0. The topological polar surface area (TPSA) is 9.23 Å². The van der Waals surface area contributed by atoms with E-state index >= 15 is 0 Å². The number of hydrogen-bond acceptors (Lipinski definition) is 1. The van der Waals surface area contributed by atoms with E-state index in [0.717, 1.165) is 25.6 Å². The van der Waals surface area contributed by atoms with E-state index < -0.39 is 0 Å². The van der Waals surface area contributed by atoms with Crippen LogP contribution in [0.5, 0.6) is 0 Å². The van der Waals surface area contributed by atoms with Crippen LogP contribution in [-0.2, 0) is 4.74 Å². The summed E-state index contributed by atoms with van der Waals surface area (Å²) >= 11 is 0. The van der Waals surface area contributed by atoms with Crippen LogP contribution in [0.4, 0.5) is 0 Å². The van der Waals surface area contributed by atoms with Crippen LogP contribution in [0.1, 0.15) is 77.6 Å². The zero-order chi connectivity index (χ0) is 12.9. The fourth-order valence-corrected chi connectivity index (χ4v) is 2.80. The van der Waals surface area contributed by atoms with Gasteiger partial charge >= 0.3 is 0 Å². The van der Waals surface area contributed by atoms with Gasteiger partial charge in [-0.3, -0.25) is 0 Å². The average molecular weight is 252 g/mol. The van der Waals surface area contributed by atoms with Crippen molar-refractivity contribution in [2.75, 3.05) is 13.2 Å². The van der Waals surface area contributed by atoms with Gasteiger partial charge in [0.2, 0.25) is 0 Å². The highest BCUT2D eigenvalue weighted by Gasteiger charge is 2.12. The van der Waals surface area contributed by atoms with Crippen molar-refractivity contribution in [2.45, 2.75) is 77.6 Å². The van der Waals surface area contributed by atoms with Gasteiger partial charge < -0.3 is 4.74 Å². The molecular weight excluding hydrogens is 220 g/mol. The van der Waals surface area contributed by atoms with Gasteiger partial charge in [-0.05, 0) is 44.4 Å². The van der Waals surface area contributed by atoms with E-state index in [4.69, 9.17) is 4.74 Å². The lowest BCUT2D eigenvalue weighted by Gasteiger charge is -2.21. The second kappa shape index (κ2) is 11.8. The molecule has 0 bridgehead atoms. The molecule has 1 nitrogen and oxygen atoms in total. The van der Waals surface area contributed by atoms with Gasteiger partial charge in [0.05, 0.1) is 0 Å². The molecular formula is C17H32O. The molecule has 106 valence electrons. The molecule has 1 aliphatic rings. The van der Waals surface area contributed by atoms with Crippen LogP contribution in [0.2, 0.25) is 0 Å². The normalized spacial score (nSPS) is 17.6. The van der Waals surface area contributed by atoms with Crippen LogP contribution in [0.15, 0.2) is 12.2 Å². The highest BCUT2D eigenvalue weighted by atomic mass is 16.5. The molecule has 0 saturated heterocycles. The Kier molecular flexibility index (Phi) is 10.3. The summed E-state index contributed by atoms with van der Waals surface area (Å²) in [6.07, 6.45) is 19.5. The highest BCUT2D eigenvalue weighted by molar-refractivity contribution is 4.79. The number of unbranched alkanes of at least 4 members (excludes halogenated alkanes) is 2. The van der Waals surface area contributed by atoms with E-state index in [9.17, 15) is 0 Å². The standard InChI is InChI=1S/C17H32O/c1-2-3-4-5-6-10-15-18-16-11-14-17-12-8-7-9-13-17/h3-4,17H,2,5-16H2,1H3. The third-order valence-corrected chi connectivity index (χ3v) is 3.94. The quantitative estimate of drug-likeness (QED) is 0.368. The molecule has 0 unspecified atom stereocenters. The third-order valence-electron chi connectivity index (χ3n) is 3.94. The van der Waals surface area contributed by atoms with E-state index in [2.05, 4.69) is 19.1 Å². The molecule has 1 heteroatoms. The molecule has 1 aliphatic carbocycles. The maximum atomic E-state index is 5.71. The van der Waals surface area contributed by atoms with Gasteiger partial charge in [0.15, 0.2) is 0 Å². The number of ether oxygens (including phenoxy) is 1. The Bertz CT molecular complexity index is 192. The molecule has 18 heavy (non-hydrogen) atoms.